The Bertz CT molecular complexity index is 498. The summed E-state index contributed by atoms with van der Waals surface area (Å²) in [5, 5.41) is 19.7. The van der Waals surface area contributed by atoms with Crippen molar-refractivity contribution in [3.05, 3.63) is 35.9 Å². The van der Waals surface area contributed by atoms with Gasteiger partial charge in [0.2, 0.25) is 0 Å². The third-order valence-electron chi connectivity index (χ3n) is 4.99. The molecule has 2 N–H and O–H groups in total. The van der Waals surface area contributed by atoms with E-state index in [-0.39, 0.29) is 0 Å². The number of carbonyl (C=O) groups is 1. The van der Waals surface area contributed by atoms with E-state index in [4.69, 9.17) is 0 Å². The van der Waals surface area contributed by atoms with Crippen LogP contribution in [0.3, 0.4) is 0 Å². The number of carboxylic acid groups (broad SMARTS) is 1. The molecule has 1 aliphatic heterocycles. The van der Waals surface area contributed by atoms with E-state index in [0.717, 1.165) is 37.8 Å². The van der Waals surface area contributed by atoms with E-state index < -0.39 is 17.5 Å². The van der Waals surface area contributed by atoms with Gasteiger partial charge in [-0.2, -0.15) is 0 Å². The largest absolute Gasteiger partial charge is 0.481 e. The predicted molar refractivity (Wildman–Crippen MR) is 79.9 cm³/mol. The quantitative estimate of drug-likeness (QED) is 0.844. The molecular weight excluding hydrogens is 266 g/mol. The summed E-state index contributed by atoms with van der Waals surface area (Å²) >= 11 is 0. The van der Waals surface area contributed by atoms with Gasteiger partial charge in [0.1, 0.15) is 0 Å². The van der Waals surface area contributed by atoms with Gasteiger partial charge in [0.05, 0.1) is 11.5 Å². The molecule has 0 radical (unpaired) electrons. The maximum atomic E-state index is 11.3. The van der Waals surface area contributed by atoms with Gasteiger partial charge in [-0.15, -0.1) is 0 Å². The number of rotatable bonds is 6. The van der Waals surface area contributed by atoms with Crippen LogP contribution in [0.2, 0.25) is 0 Å². The van der Waals surface area contributed by atoms with Gasteiger partial charge in [0.25, 0.3) is 0 Å². The Hall–Kier alpha value is -1.39. The summed E-state index contributed by atoms with van der Waals surface area (Å²) in [5.41, 5.74) is 0.448. The minimum Gasteiger partial charge on any atom is -0.481 e. The standard InChI is InChI=1S/C17H23NO3/c19-15(13-5-2-1-3-6-13)11-14-7-4-10-18(14)12-17(8-9-17)16(20)21/h1-3,5-6,14-15,19H,4,7-12H2,(H,20,21). The van der Waals surface area contributed by atoms with Gasteiger partial charge >= 0.3 is 5.97 Å². The highest BCUT2D eigenvalue weighted by molar-refractivity contribution is 5.78. The normalized spacial score (nSPS) is 25.7. The van der Waals surface area contributed by atoms with Crippen LogP contribution >= 0.6 is 0 Å². The Morgan fingerprint density at radius 2 is 2.05 bits per heavy atom. The number of aliphatic hydroxyl groups excluding tert-OH is 1. The smallest absolute Gasteiger partial charge is 0.310 e. The molecule has 2 aliphatic rings. The molecule has 0 amide bonds. The third kappa shape index (κ3) is 3.11. The van der Waals surface area contributed by atoms with Crippen molar-refractivity contribution in [2.75, 3.05) is 13.1 Å². The molecular formula is C17H23NO3. The summed E-state index contributed by atoms with van der Waals surface area (Å²) in [7, 11) is 0. The van der Waals surface area contributed by atoms with Gasteiger partial charge in [-0.1, -0.05) is 30.3 Å². The molecule has 2 atom stereocenters. The summed E-state index contributed by atoms with van der Waals surface area (Å²) in [6.07, 6.45) is 3.98. The lowest BCUT2D eigenvalue weighted by atomic mass is 9.99. The van der Waals surface area contributed by atoms with Crippen LogP contribution < -0.4 is 0 Å². The molecule has 1 aromatic rings. The van der Waals surface area contributed by atoms with E-state index in [1.807, 2.05) is 30.3 Å². The van der Waals surface area contributed by atoms with Gasteiger partial charge < -0.3 is 10.2 Å². The highest BCUT2D eigenvalue weighted by Gasteiger charge is 2.52. The van der Waals surface area contributed by atoms with Crippen molar-refractivity contribution in [3.63, 3.8) is 0 Å². The summed E-state index contributed by atoms with van der Waals surface area (Å²) in [4.78, 5) is 13.6. The summed E-state index contributed by atoms with van der Waals surface area (Å²) in [5.74, 6) is -0.656. The molecule has 0 spiro atoms. The SMILES string of the molecule is O=C(O)C1(CN2CCCC2CC(O)c2ccccc2)CC1. The molecule has 0 aromatic heterocycles. The summed E-state index contributed by atoms with van der Waals surface area (Å²) in [6, 6.07) is 10.0. The zero-order valence-electron chi connectivity index (χ0n) is 12.2. The van der Waals surface area contributed by atoms with Gasteiger partial charge in [-0.25, -0.2) is 0 Å². The molecule has 114 valence electrons. The number of carboxylic acids is 1. The van der Waals surface area contributed by atoms with E-state index in [2.05, 4.69) is 4.90 Å². The number of nitrogens with zero attached hydrogens (tertiary/aromatic N) is 1. The maximum Gasteiger partial charge on any atom is 0.310 e. The summed E-state index contributed by atoms with van der Waals surface area (Å²) in [6.45, 7) is 1.61. The van der Waals surface area contributed by atoms with Crippen LogP contribution in [0.1, 0.15) is 43.8 Å². The van der Waals surface area contributed by atoms with Crippen LogP contribution in [0.15, 0.2) is 30.3 Å². The lowest BCUT2D eigenvalue weighted by Crippen LogP contribution is -2.38. The average Bonchev–Trinajstić information content (AvgIpc) is 3.15. The van der Waals surface area contributed by atoms with E-state index in [0.29, 0.717) is 19.0 Å². The second kappa shape index (κ2) is 5.78. The minimum absolute atomic E-state index is 0.303. The highest BCUT2D eigenvalue weighted by Crippen LogP contribution is 2.47. The van der Waals surface area contributed by atoms with Crippen LogP contribution in [0.4, 0.5) is 0 Å². The van der Waals surface area contributed by atoms with Crippen molar-refractivity contribution in [2.24, 2.45) is 5.41 Å². The second-order valence-corrected chi connectivity index (χ2v) is 6.51. The first-order valence-electron chi connectivity index (χ1n) is 7.81. The minimum atomic E-state index is -0.656. The molecule has 3 rings (SSSR count). The molecule has 1 aliphatic carbocycles. The first kappa shape index (κ1) is 14.5. The molecule has 1 saturated carbocycles. The van der Waals surface area contributed by atoms with Gasteiger partial charge in [0, 0.05) is 12.6 Å². The first-order chi connectivity index (χ1) is 10.1. The first-order valence-corrected chi connectivity index (χ1v) is 7.81. The topological polar surface area (TPSA) is 60.8 Å². The Kier molecular flexibility index (Phi) is 4.00. The molecule has 21 heavy (non-hydrogen) atoms. The Labute approximate surface area is 125 Å². The van der Waals surface area contributed by atoms with E-state index in [1.165, 1.54) is 0 Å². The van der Waals surface area contributed by atoms with Crippen LogP contribution in [-0.2, 0) is 4.79 Å². The number of hydrogen-bond acceptors (Lipinski definition) is 3. The fraction of sp³-hybridized carbons (Fsp3) is 0.588. The van der Waals surface area contributed by atoms with E-state index >= 15 is 0 Å². The molecule has 2 unspecified atom stereocenters. The van der Waals surface area contributed by atoms with Gasteiger partial charge in [0.15, 0.2) is 0 Å². The van der Waals surface area contributed by atoms with Crippen LogP contribution in [0.5, 0.6) is 0 Å². The zero-order valence-corrected chi connectivity index (χ0v) is 12.2. The van der Waals surface area contributed by atoms with Crippen molar-refractivity contribution >= 4 is 5.97 Å². The maximum absolute atomic E-state index is 11.3. The lowest BCUT2D eigenvalue weighted by Gasteiger charge is -2.28. The highest BCUT2D eigenvalue weighted by atomic mass is 16.4. The van der Waals surface area contributed by atoms with Crippen molar-refractivity contribution in [3.8, 4) is 0 Å². The lowest BCUT2D eigenvalue weighted by molar-refractivity contribution is -0.144. The molecule has 2 fully saturated rings. The number of aliphatic hydroxyl groups is 1. The fourth-order valence-corrected chi connectivity index (χ4v) is 3.42. The average molecular weight is 289 g/mol. The van der Waals surface area contributed by atoms with Crippen molar-refractivity contribution in [2.45, 2.75) is 44.2 Å². The van der Waals surface area contributed by atoms with Crippen molar-refractivity contribution in [1.82, 2.24) is 4.90 Å². The zero-order chi connectivity index (χ0) is 14.9. The Morgan fingerprint density at radius 1 is 1.33 bits per heavy atom. The fourth-order valence-electron chi connectivity index (χ4n) is 3.42. The van der Waals surface area contributed by atoms with E-state index in [1.54, 1.807) is 0 Å². The molecule has 1 heterocycles. The number of benzene rings is 1. The molecule has 4 nitrogen and oxygen atoms in total. The Balaban J connectivity index is 1.61. The number of likely N-dealkylation sites (tertiary alicyclic amines) is 1. The van der Waals surface area contributed by atoms with Gasteiger partial charge in [-0.05, 0) is 44.2 Å². The monoisotopic (exact) mass is 289 g/mol. The molecule has 1 saturated heterocycles. The van der Waals surface area contributed by atoms with E-state index in [9.17, 15) is 15.0 Å². The second-order valence-electron chi connectivity index (χ2n) is 6.51. The number of hydrogen-bond donors (Lipinski definition) is 2. The van der Waals surface area contributed by atoms with Crippen LogP contribution in [0.25, 0.3) is 0 Å². The van der Waals surface area contributed by atoms with Crippen molar-refractivity contribution < 1.29 is 15.0 Å². The van der Waals surface area contributed by atoms with Crippen molar-refractivity contribution in [1.29, 1.82) is 0 Å². The summed E-state index contributed by atoms with van der Waals surface area (Å²) < 4.78 is 0. The van der Waals surface area contributed by atoms with Crippen LogP contribution in [0, 0.1) is 5.41 Å². The van der Waals surface area contributed by atoms with Gasteiger partial charge in [-0.3, -0.25) is 9.69 Å². The predicted octanol–water partition coefficient (Wildman–Crippen LogP) is 2.44. The third-order valence-corrected chi connectivity index (χ3v) is 4.99. The number of aliphatic carboxylic acids is 1. The Morgan fingerprint density at radius 3 is 2.67 bits per heavy atom. The van der Waals surface area contributed by atoms with Crippen LogP contribution in [-0.4, -0.2) is 40.2 Å². The molecule has 1 aromatic carbocycles. The molecule has 0 bridgehead atoms. The molecule has 4 heteroatoms.